The van der Waals surface area contributed by atoms with E-state index in [-0.39, 0.29) is 18.3 Å². The van der Waals surface area contributed by atoms with Crippen LogP contribution in [0.25, 0.3) is 11.5 Å². The summed E-state index contributed by atoms with van der Waals surface area (Å²) in [6.07, 6.45) is 3.46. The number of carbonyl (C=O) groups excluding carboxylic acids is 1. The number of hydrogen-bond acceptors (Lipinski definition) is 5. The van der Waals surface area contributed by atoms with Crippen molar-refractivity contribution in [3.05, 3.63) is 58.7 Å². The van der Waals surface area contributed by atoms with E-state index in [1.807, 2.05) is 13.1 Å². The van der Waals surface area contributed by atoms with Crippen LogP contribution < -0.4 is 10.6 Å². The summed E-state index contributed by atoms with van der Waals surface area (Å²) in [6.45, 7) is 3.99. The van der Waals surface area contributed by atoms with Gasteiger partial charge in [0.1, 0.15) is 5.76 Å². The fourth-order valence-electron chi connectivity index (χ4n) is 2.99. The average Bonchev–Trinajstić information content (AvgIpc) is 3.31. The number of halogens is 1. The Bertz CT molecular complexity index is 947. The van der Waals surface area contributed by atoms with Crippen LogP contribution in [0.2, 0.25) is 0 Å². The number of fused-ring (bicyclic) bond motifs is 1. The zero-order chi connectivity index (χ0) is 17.4. The maximum atomic E-state index is 12.5. The largest absolute Gasteiger partial charge is 0.440 e. The summed E-state index contributed by atoms with van der Waals surface area (Å²) in [5.74, 6) is 0.656. The lowest BCUT2D eigenvalue weighted by molar-refractivity contribution is 0.0945. The maximum Gasteiger partial charge on any atom is 0.273 e. The third-order valence-electron chi connectivity index (χ3n) is 4.32. The van der Waals surface area contributed by atoms with Gasteiger partial charge in [-0.3, -0.25) is 9.48 Å². The third-order valence-corrected chi connectivity index (χ3v) is 4.32. The molecule has 3 heterocycles. The second-order valence-electron chi connectivity index (χ2n) is 6.22. The van der Waals surface area contributed by atoms with E-state index < -0.39 is 0 Å². The first-order valence-corrected chi connectivity index (χ1v) is 8.16. The molecule has 0 unspecified atom stereocenters. The Kier molecular flexibility index (Phi) is 5.11. The Morgan fingerprint density at radius 2 is 2.15 bits per heavy atom. The molecule has 1 aliphatic heterocycles. The molecule has 0 spiro atoms. The van der Waals surface area contributed by atoms with Crippen molar-refractivity contribution in [3.8, 4) is 11.5 Å². The molecule has 136 valence electrons. The fourth-order valence-corrected chi connectivity index (χ4v) is 2.99. The minimum atomic E-state index is -0.241. The van der Waals surface area contributed by atoms with Gasteiger partial charge < -0.3 is 15.1 Å². The van der Waals surface area contributed by atoms with Gasteiger partial charge >= 0.3 is 0 Å². The highest BCUT2D eigenvalue weighted by Crippen LogP contribution is 2.21. The van der Waals surface area contributed by atoms with Crippen LogP contribution in [0.3, 0.4) is 0 Å². The molecule has 1 aliphatic rings. The lowest BCUT2D eigenvalue weighted by Gasteiger charge is -2.06. The molecule has 2 aromatic heterocycles. The smallest absolute Gasteiger partial charge is 0.273 e. The zero-order valence-corrected chi connectivity index (χ0v) is 15.4. The number of nitrogens with one attached hydrogen (secondary N) is 2. The molecule has 3 aromatic rings. The first-order valence-electron chi connectivity index (χ1n) is 8.16. The van der Waals surface area contributed by atoms with Crippen LogP contribution in [-0.2, 0) is 26.7 Å². The number of oxazole rings is 1. The molecular weight excluding hydrogens is 354 g/mol. The van der Waals surface area contributed by atoms with E-state index in [1.165, 1.54) is 11.1 Å². The van der Waals surface area contributed by atoms with E-state index in [2.05, 4.69) is 32.8 Å². The summed E-state index contributed by atoms with van der Waals surface area (Å²) in [7, 11) is 1.82. The Morgan fingerprint density at radius 1 is 1.35 bits per heavy atom. The molecule has 0 bridgehead atoms. The summed E-state index contributed by atoms with van der Waals surface area (Å²) in [5.41, 5.74) is 4.74. The molecular formula is C18H20ClN5O2. The van der Waals surface area contributed by atoms with Crippen molar-refractivity contribution in [1.29, 1.82) is 0 Å². The highest BCUT2D eigenvalue weighted by atomic mass is 35.5. The van der Waals surface area contributed by atoms with Crippen molar-refractivity contribution in [2.24, 2.45) is 7.05 Å². The summed E-state index contributed by atoms with van der Waals surface area (Å²) >= 11 is 0. The Balaban J connectivity index is 0.00000196. The first kappa shape index (κ1) is 18.2. The van der Waals surface area contributed by atoms with Gasteiger partial charge in [0.15, 0.2) is 5.69 Å². The topological polar surface area (TPSA) is 85.0 Å². The van der Waals surface area contributed by atoms with Crippen molar-refractivity contribution in [2.45, 2.75) is 26.6 Å². The SMILES string of the molecule is Cc1oc(-c2cnn(C)c2)nc1C(=O)NCc1ccc2c(c1)CNC2.Cl. The van der Waals surface area contributed by atoms with Crippen LogP contribution >= 0.6 is 12.4 Å². The molecule has 0 aliphatic carbocycles. The predicted octanol–water partition coefficient (Wildman–Crippen LogP) is 2.34. The van der Waals surface area contributed by atoms with E-state index in [4.69, 9.17) is 4.42 Å². The molecule has 4 rings (SSSR count). The lowest BCUT2D eigenvalue weighted by Crippen LogP contribution is -2.23. The molecule has 0 saturated carbocycles. The minimum absolute atomic E-state index is 0. The molecule has 26 heavy (non-hydrogen) atoms. The van der Waals surface area contributed by atoms with E-state index in [0.717, 1.165) is 24.2 Å². The van der Waals surface area contributed by atoms with Crippen LogP contribution in [0.15, 0.2) is 35.0 Å². The van der Waals surface area contributed by atoms with Crippen LogP contribution in [-0.4, -0.2) is 20.7 Å². The third kappa shape index (κ3) is 3.49. The number of amides is 1. The summed E-state index contributed by atoms with van der Waals surface area (Å²) in [5, 5.41) is 10.3. The van der Waals surface area contributed by atoms with Crippen molar-refractivity contribution >= 4 is 18.3 Å². The predicted molar refractivity (Wildman–Crippen MR) is 98.8 cm³/mol. The number of carbonyl (C=O) groups is 1. The molecule has 0 radical (unpaired) electrons. The molecule has 0 fully saturated rings. The van der Waals surface area contributed by atoms with Gasteiger partial charge in [0.2, 0.25) is 5.89 Å². The summed E-state index contributed by atoms with van der Waals surface area (Å²) in [4.78, 5) is 16.8. The van der Waals surface area contributed by atoms with Crippen molar-refractivity contribution < 1.29 is 9.21 Å². The Morgan fingerprint density at radius 3 is 2.92 bits per heavy atom. The molecule has 2 N–H and O–H groups in total. The van der Waals surface area contributed by atoms with E-state index in [9.17, 15) is 4.79 Å². The van der Waals surface area contributed by atoms with Gasteiger partial charge in [0.25, 0.3) is 5.91 Å². The molecule has 1 aromatic carbocycles. The van der Waals surface area contributed by atoms with E-state index >= 15 is 0 Å². The number of rotatable bonds is 4. The van der Waals surface area contributed by atoms with Crippen LogP contribution in [0, 0.1) is 6.92 Å². The average molecular weight is 374 g/mol. The molecule has 0 saturated heterocycles. The molecule has 7 nitrogen and oxygen atoms in total. The highest BCUT2D eigenvalue weighted by Gasteiger charge is 2.19. The van der Waals surface area contributed by atoms with Gasteiger partial charge in [-0.2, -0.15) is 5.10 Å². The van der Waals surface area contributed by atoms with Crippen molar-refractivity contribution in [1.82, 2.24) is 25.4 Å². The minimum Gasteiger partial charge on any atom is -0.440 e. The quantitative estimate of drug-likeness (QED) is 0.733. The van der Waals surface area contributed by atoms with Crippen LogP contribution in [0.5, 0.6) is 0 Å². The Labute approximate surface area is 157 Å². The van der Waals surface area contributed by atoms with Crippen molar-refractivity contribution in [2.75, 3.05) is 0 Å². The van der Waals surface area contributed by atoms with Gasteiger partial charge in [-0.05, 0) is 23.6 Å². The van der Waals surface area contributed by atoms with Crippen LogP contribution in [0.1, 0.15) is 32.9 Å². The normalized spacial score (nSPS) is 12.5. The van der Waals surface area contributed by atoms with Crippen LogP contribution in [0.4, 0.5) is 0 Å². The second kappa shape index (κ2) is 7.31. The zero-order valence-electron chi connectivity index (χ0n) is 14.6. The van der Waals surface area contributed by atoms with Crippen molar-refractivity contribution in [3.63, 3.8) is 0 Å². The van der Waals surface area contributed by atoms with Gasteiger partial charge in [-0.1, -0.05) is 18.2 Å². The van der Waals surface area contributed by atoms with E-state index in [1.54, 1.807) is 24.0 Å². The molecule has 1 amide bonds. The summed E-state index contributed by atoms with van der Waals surface area (Å²) in [6, 6.07) is 6.29. The number of benzene rings is 1. The highest BCUT2D eigenvalue weighted by molar-refractivity contribution is 5.93. The molecule has 8 heteroatoms. The Hall–Kier alpha value is -2.64. The van der Waals surface area contributed by atoms with Gasteiger partial charge in [0.05, 0.1) is 11.8 Å². The maximum absolute atomic E-state index is 12.5. The van der Waals surface area contributed by atoms with Gasteiger partial charge in [-0.25, -0.2) is 4.98 Å². The number of aryl methyl sites for hydroxylation is 2. The second-order valence-corrected chi connectivity index (χ2v) is 6.22. The number of nitrogens with zero attached hydrogens (tertiary/aromatic N) is 3. The molecule has 0 atom stereocenters. The van der Waals surface area contributed by atoms with E-state index in [0.29, 0.717) is 23.9 Å². The number of aromatic nitrogens is 3. The van der Waals surface area contributed by atoms with Gasteiger partial charge in [0, 0.05) is 32.9 Å². The lowest BCUT2D eigenvalue weighted by atomic mass is 10.1. The monoisotopic (exact) mass is 373 g/mol. The van der Waals surface area contributed by atoms with Gasteiger partial charge in [-0.15, -0.1) is 12.4 Å². The fraction of sp³-hybridized carbons (Fsp3) is 0.278. The number of hydrogen-bond donors (Lipinski definition) is 2. The standard InChI is InChI=1S/C18H19N5O2.ClH/c1-11-16(22-18(25-11)15-9-21-23(2)10-15)17(24)20-6-12-3-4-13-7-19-8-14(13)5-12;/h3-5,9-10,19H,6-8H2,1-2H3,(H,20,24);1H. The first-order chi connectivity index (χ1) is 12.1. The summed E-state index contributed by atoms with van der Waals surface area (Å²) < 4.78 is 7.28.